The maximum absolute atomic E-state index is 5.97. The zero-order chi connectivity index (χ0) is 17.6. The molecule has 5 nitrogen and oxygen atoms in total. The summed E-state index contributed by atoms with van der Waals surface area (Å²) in [7, 11) is 1.70. The van der Waals surface area contributed by atoms with Crippen LogP contribution in [0, 0.1) is 13.8 Å². The van der Waals surface area contributed by atoms with E-state index in [0.29, 0.717) is 0 Å². The van der Waals surface area contributed by atoms with Gasteiger partial charge in [0, 0.05) is 31.9 Å². The van der Waals surface area contributed by atoms with E-state index < -0.39 is 0 Å². The van der Waals surface area contributed by atoms with E-state index in [1.54, 1.807) is 7.11 Å². The molecule has 0 spiro atoms. The predicted molar refractivity (Wildman–Crippen MR) is 99.2 cm³/mol. The fraction of sp³-hybridized carbons (Fsp3) is 0.550. The Hall–Kier alpha value is -1.85. The van der Waals surface area contributed by atoms with Gasteiger partial charge in [-0.05, 0) is 50.5 Å². The number of methoxy groups -OCH3 is 1. The summed E-state index contributed by atoms with van der Waals surface area (Å²) in [5.41, 5.74) is 3.65. The van der Waals surface area contributed by atoms with Gasteiger partial charge in [0.2, 0.25) is 0 Å². The number of morpholine rings is 1. The molecule has 1 unspecified atom stereocenters. The van der Waals surface area contributed by atoms with Crippen LogP contribution in [0.1, 0.15) is 23.4 Å². The zero-order valence-corrected chi connectivity index (χ0v) is 15.6. The average molecular weight is 343 g/mol. The molecule has 0 aliphatic carbocycles. The zero-order valence-electron chi connectivity index (χ0n) is 15.6. The van der Waals surface area contributed by atoms with Crippen LogP contribution in [0.2, 0.25) is 0 Å². The summed E-state index contributed by atoms with van der Waals surface area (Å²) in [6.07, 6.45) is 2.35. The summed E-state index contributed by atoms with van der Waals surface area (Å²) < 4.78 is 13.3. The SMILES string of the molecule is COc1ccc(CC2CN(CCCn3nc(C)cc3C)CCO2)cc1. The summed E-state index contributed by atoms with van der Waals surface area (Å²) in [5.74, 6) is 0.902. The monoisotopic (exact) mass is 343 g/mol. The molecule has 1 aliphatic heterocycles. The highest BCUT2D eigenvalue weighted by atomic mass is 16.5. The Labute approximate surface area is 150 Å². The minimum Gasteiger partial charge on any atom is -0.497 e. The summed E-state index contributed by atoms with van der Waals surface area (Å²) in [6.45, 7) is 9.11. The Balaban J connectivity index is 1.45. The standard InChI is InChI=1S/C20H29N3O2/c1-16-13-17(2)23(21-16)10-4-9-22-11-12-25-20(15-22)14-18-5-7-19(24-3)8-6-18/h5-8,13,20H,4,9-12,14-15H2,1-3H3. The van der Waals surface area contributed by atoms with E-state index in [1.165, 1.54) is 11.3 Å². The van der Waals surface area contributed by atoms with Crippen molar-refractivity contribution in [2.75, 3.05) is 33.4 Å². The van der Waals surface area contributed by atoms with Gasteiger partial charge in [-0.2, -0.15) is 5.10 Å². The van der Waals surface area contributed by atoms with E-state index in [4.69, 9.17) is 9.47 Å². The van der Waals surface area contributed by atoms with Gasteiger partial charge in [-0.1, -0.05) is 12.1 Å². The van der Waals surface area contributed by atoms with Crippen molar-refractivity contribution in [3.8, 4) is 5.75 Å². The second-order valence-electron chi connectivity index (χ2n) is 6.85. The van der Waals surface area contributed by atoms with Crippen LogP contribution in [0.15, 0.2) is 30.3 Å². The lowest BCUT2D eigenvalue weighted by molar-refractivity contribution is -0.0281. The third kappa shape index (κ3) is 5.06. The lowest BCUT2D eigenvalue weighted by Crippen LogP contribution is -2.43. The largest absolute Gasteiger partial charge is 0.497 e. The summed E-state index contributed by atoms with van der Waals surface area (Å²) in [4.78, 5) is 2.52. The van der Waals surface area contributed by atoms with Gasteiger partial charge >= 0.3 is 0 Å². The molecule has 25 heavy (non-hydrogen) atoms. The van der Waals surface area contributed by atoms with Gasteiger partial charge in [0.05, 0.1) is 25.5 Å². The summed E-state index contributed by atoms with van der Waals surface area (Å²) in [5, 5.41) is 4.54. The highest BCUT2D eigenvalue weighted by Crippen LogP contribution is 2.16. The molecule has 0 saturated carbocycles. The van der Waals surface area contributed by atoms with Gasteiger partial charge in [0.15, 0.2) is 0 Å². The van der Waals surface area contributed by atoms with Crippen molar-refractivity contribution in [2.45, 2.75) is 39.3 Å². The van der Waals surface area contributed by atoms with Crippen LogP contribution in [-0.4, -0.2) is 54.1 Å². The van der Waals surface area contributed by atoms with E-state index in [9.17, 15) is 0 Å². The molecule has 5 heteroatoms. The van der Waals surface area contributed by atoms with Crippen molar-refractivity contribution in [1.29, 1.82) is 0 Å². The molecule has 0 amide bonds. The Morgan fingerprint density at radius 2 is 2.00 bits per heavy atom. The normalized spacial score (nSPS) is 18.4. The number of hydrogen-bond acceptors (Lipinski definition) is 4. The van der Waals surface area contributed by atoms with Gasteiger partial charge in [0.1, 0.15) is 5.75 Å². The molecule has 0 bridgehead atoms. The lowest BCUT2D eigenvalue weighted by Gasteiger charge is -2.33. The lowest BCUT2D eigenvalue weighted by atomic mass is 10.1. The molecule has 0 N–H and O–H groups in total. The molecular formula is C20H29N3O2. The minimum absolute atomic E-state index is 0.274. The smallest absolute Gasteiger partial charge is 0.118 e. The molecule has 1 fully saturated rings. The van der Waals surface area contributed by atoms with Crippen molar-refractivity contribution in [3.63, 3.8) is 0 Å². The number of ether oxygens (including phenoxy) is 2. The van der Waals surface area contributed by atoms with Crippen LogP contribution in [0.25, 0.3) is 0 Å². The first-order chi connectivity index (χ1) is 12.1. The fourth-order valence-corrected chi connectivity index (χ4v) is 3.48. The van der Waals surface area contributed by atoms with Crippen LogP contribution in [0.5, 0.6) is 5.75 Å². The van der Waals surface area contributed by atoms with Gasteiger partial charge in [0.25, 0.3) is 0 Å². The Morgan fingerprint density at radius 1 is 1.20 bits per heavy atom. The van der Waals surface area contributed by atoms with Crippen molar-refractivity contribution in [2.24, 2.45) is 0 Å². The molecule has 2 heterocycles. The number of nitrogens with zero attached hydrogens (tertiary/aromatic N) is 3. The Bertz CT molecular complexity index is 666. The molecule has 3 rings (SSSR count). The first-order valence-electron chi connectivity index (χ1n) is 9.12. The third-order valence-electron chi connectivity index (χ3n) is 4.79. The highest BCUT2D eigenvalue weighted by Gasteiger charge is 2.20. The van der Waals surface area contributed by atoms with E-state index in [-0.39, 0.29) is 6.10 Å². The van der Waals surface area contributed by atoms with E-state index >= 15 is 0 Å². The predicted octanol–water partition coefficient (Wildman–Crippen LogP) is 2.84. The molecule has 136 valence electrons. The highest BCUT2D eigenvalue weighted by molar-refractivity contribution is 5.27. The van der Waals surface area contributed by atoms with E-state index in [0.717, 1.165) is 57.1 Å². The Morgan fingerprint density at radius 3 is 2.68 bits per heavy atom. The number of rotatable bonds is 7. The first kappa shape index (κ1) is 18.0. The van der Waals surface area contributed by atoms with Gasteiger partial charge in [-0.15, -0.1) is 0 Å². The average Bonchev–Trinajstić information content (AvgIpc) is 2.93. The quantitative estimate of drug-likeness (QED) is 0.775. The van der Waals surface area contributed by atoms with Crippen LogP contribution in [0.3, 0.4) is 0 Å². The molecule has 1 aromatic heterocycles. The van der Waals surface area contributed by atoms with Crippen molar-refractivity contribution in [1.82, 2.24) is 14.7 Å². The third-order valence-corrected chi connectivity index (χ3v) is 4.79. The molecular weight excluding hydrogens is 314 g/mol. The van der Waals surface area contributed by atoms with Crippen molar-refractivity contribution in [3.05, 3.63) is 47.3 Å². The maximum Gasteiger partial charge on any atom is 0.118 e. The fourth-order valence-electron chi connectivity index (χ4n) is 3.48. The minimum atomic E-state index is 0.274. The molecule has 1 aromatic carbocycles. The number of aromatic nitrogens is 2. The van der Waals surface area contributed by atoms with Crippen LogP contribution >= 0.6 is 0 Å². The summed E-state index contributed by atoms with van der Waals surface area (Å²) in [6, 6.07) is 10.4. The van der Waals surface area contributed by atoms with E-state index in [1.807, 2.05) is 12.1 Å². The van der Waals surface area contributed by atoms with Crippen molar-refractivity contribution >= 4 is 0 Å². The van der Waals surface area contributed by atoms with E-state index in [2.05, 4.69) is 46.7 Å². The van der Waals surface area contributed by atoms with Gasteiger partial charge in [-0.25, -0.2) is 0 Å². The number of benzene rings is 1. The maximum atomic E-state index is 5.97. The molecule has 1 atom stereocenters. The second-order valence-corrected chi connectivity index (χ2v) is 6.85. The molecule has 1 saturated heterocycles. The van der Waals surface area contributed by atoms with Gasteiger partial charge in [-0.3, -0.25) is 9.58 Å². The second kappa shape index (κ2) is 8.50. The number of aryl methyl sites for hydroxylation is 3. The topological polar surface area (TPSA) is 39.5 Å². The number of hydrogen-bond donors (Lipinski definition) is 0. The van der Waals surface area contributed by atoms with Crippen molar-refractivity contribution < 1.29 is 9.47 Å². The molecule has 1 aliphatic rings. The molecule has 2 aromatic rings. The first-order valence-corrected chi connectivity index (χ1v) is 9.12. The van der Waals surface area contributed by atoms with Crippen LogP contribution in [-0.2, 0) is 17.7 Å². The van der Waals surface area contributed by atoms with Gasteiger partial charge < -0.3 is 9.47 Å². The van der Waals surface area contributed by atoms with Crippen LogP contribution in [0.4, 0.5) is 0 Å². The Kier molecular flexibility index (Phi) is 6.10. The summed E-state index contributed by atoms with van der Waals surface area (Å²) >= 11 is 0. The molecule has 0 radical (unpaired) electrons. The van der Waals surface area contributed by atoms with Crippen LogP contribution < -0.4 is 4.74 Å².